The van der Waals surface area contributed by atoms with Crippen molar-refractivity contribution >= 4 is 21.6 Å². The van der Waals surface area contributed by atoms with Crippen LogP contribution in [-0.4, -0.2) is 0 Å². The Bertz CT molecular complexity index is 599. The molecule has 0 bridgehead atoms. The lowest BCUT2D eigenvalue weighted by Crippen LogP contribution is -2.09. The van der Waals surface area contributed by atoms with Crippen LogP contribution in [0.15, 0.2) is 40.9 Å². The van der Waals surface area contributed by atoms with Gasteiger partial charge in [-0.05, 0) is 43.7 Å². The number of benzene rings is 2. The maximum atomic E-state index is 13.7. The number of hydrogen-bond donors (Lipinski definition) is 1. The predicted octanol–water partition coefficient (Wildman–Crippen LogP) is 5.21. The maximum Gasteiger partial charge on any atom is 0.164 e. The van der Waals surface area contributed by atoms with E-state index < -0.39 is 11.6 Å². The largest absolute Gasteiger partial charge is 0.378 e. The maximum absolute atomic E-state index is 13.7. The SMILES string of the molecule is Cc1cc(NC(C)c2cccc(F)c2F)ccc1Br. The van der Waals surface area contributed by atoms with E-state index in [0.29, 0.717) is 5.56 Å². The van der Waals surface area contributed by atoms with Crippen LogP contribution in [0.1, 0.15) is 24.1 Å². The van der Waals surface area contributed by atoms with E-state index in [9.17, 15) is 8.78 Å². The minimum atomic E-state index is -0.821. The lowest BCUT2D eigenvalue weighted by atomic mass is 10.1. The van der Waals surface area contributed by atoms with Crippen molar-refractivity contribution < 1.29 is 8.78 Å². The molecule has 100 valence electrons. The lowest BCUT2D eigenvalue weighted by Gasteiger charge is -2.17. The van der Waals surface area contributed by atoms with Crippen LogP contribution in [-0.2, 0) is 0 Å². The molecule has 0 fully saturated rings. The van der Waals surface area contributed by atoms with Crippen LogP contribution in [0.2, 0.25) is 0 Å². The minimum absolute atomic E-state index is 0.309. The van der Waals surface area contributed by atoms with Gasteiger partial charge in [0.15, 0.2) is 11.6 Å². The Morgan fingerprint density at radius 1 is 1.16 bits per heavy atom. The average molecular weight is 326 g/mol. The van der Waals surface area contributed by atoms with Gasteiger partial charge in [-0.25, -0.2) is 8.78 Å². The predicted molar refractivity (Wildman–Crippen MR) is 77.3 cm³/mol. The van der Waals surface area contributed by atoms with Gasteiger partial charge in [0, 0.05) is 15.7 Å². The molecule has 2 rings (SSSR count). The van der Waals surface area contributed by atoms with Gasteiger partial charge in [0.25, 0.3) is 0 Å². The number of halogens is 3. The molecular weight excluding hydrogens is 312 g/mol. The van der Waals surface area contributed by atoms with Crippen molar-refractivity contribution in [1.82, 2.24) is 0 Å². The Labute approximate surface area is 119 Å². The van der Waals surface area contributed by atoms with Crippen LogP contribution < -0.4 is 5.32 Å². The molecule has 4 heteroatoms. The van der Waals surface area contributed by atoms with E-state index in [0.717, 1.165) is 21.8 Å². The van der Waals surface area contributed by atoms with Crippen molar-refractivity contribution in [3.05, 3.63) is 63.6 Å². The minimum Gasteiger partial charge on any atom is -0.378 e. The Balaban J connectivity index is 2.23. The summed E-state index contributed by atoms with van der Waals surface area (Å²) in [6.45, 7) is 3.78. The number of rotatable bonds is 3. The smallest absolute Gasteiger partial charge is 0.164 e. The number of anilines is 1. The number of nitrogens with one attached hydrogen (secondary N) is 1. The highest BCUT2D eigenvalue weighted by molar-refractivity contribution is 9.10. The Hall–Kier alpha value is -1.42. The first kappa shape index (κ1) is 14.0. The summed E-state index contributed by atoms with van der Waals surface area (Å²) in [7, 11) is 0. The topological polar surface area (TPSA) is 12.0 Å². The third-order valence-corrected chi connectivity index (χ3v) is 3.88. The van der Waals surface area contributed by atoms with Crippen LogP contribution in [0, 0.1) is 18.6 Å². The van der Waals surface area contributed by atoms with E-state index in [1.165, 1.54) is 6.07 Å². The molecule has 0 radical (unpaired) electrons. The molecule has 0 aromatic heterocycles. The summed E-state index contributed by atoms with van der Waals surface area (Å²) >= 11 is 3.42. The van der Waals surface area contributed by atoms with Gasteiger partial charge in [0.05, 0.1) is 6.04 Å². The molecule has 1 atom stereocenters. The molecule has 0 heterocycles. The van der Waals surface area contributed by atoms with E-state index in [-0.39, 0.29) is 6.04 Å². The normalized spacial score (nSPS) is 12.3. The zero-order valence-corrected chi connectivity index (χ0v) is 12.3. The molecule has 19 heavy (non-hydrogen) atoms. The van der Waals surface area contributed by atoms with Gasteiger partial charge >= 0.3 is 0 Å². The van der Waals surface area contributed by atoms with Crippen molar-refractivity contribution in [1.29, 1.82) is 0 Å². The van der Waals surface area contributed by atoms with Gasteiger partial charge in [-0.15, -0.1) is 0 Å². The van der Waals surface area contributed by atoms with Crippen LogP contribution in [0.25, 0.3) is 0 Å². The highest BCUT2D eigenvalue weighted by Gasteiger charge is 2.14. The molecule has 0 saturated carbocycles. The van der Waals surface area contributed by atoms with Crippen LogP contribution in [0.5, 0.6) is 0 Å². The summed E-state index contributed by atoms with van der Waals surface area (Å²) in [5.74, 6) is -1.62. The van der Waals surface area contributed by atoms with Crippen LogP contribution in [0.3, 0.4) is 0 Å². The molecule has 0 spiro atoms. The second-order valence-corrected chi connectivity index (χ2v) is 5.33. The molecule has 1 nitrogen and oxygen atoms in total. The Kier molecular flexibility index (Phi) is 4.20. The summed E-state index contributed by atoms with van der Waals surface area (Å²) in [5, 5.41) is 3.17. The lowest BCUT2D eigenvalue weighted by molar-refractivity contribution is 0.494. The fourth-order valence-corrected chi connectivity index (χ4v) is 2.16. The van der Waals surface area contributed by atoms with E-state index in [2.05, 4.69) is 21.2 Å². The molecule has 0 saturated heterocycles. The van der Waals surface area contributed by atoms with Crippen LogP contribution >= 0.6 is 15.9 Å². The van der Waals surface area contributed by atoms with Crippen molar-refractivity contribution in [3.8, 4) is 0 Å². The first-order valence-corrected chi connectivity index (χ1v) is 6.75. The molecule has 0 aliphatic heterocycles. The van der Waals surface area contributed by atoms with Gasteiger partial charge in [0.1, 0.15) is 0 Å². The molecule has 0 amide bonds. The summed E-state index contributed by atoms with van der Waals surface area (Å²) in [4.78, 5) is 0. The van der Waals surface area contributed by atoms with Gasteiger partial charge in [0.2, 0.25) is 0 Å². The molecule has 0 aliphatic rings. The highest BCUT2D eigenvalue weighted by atomic mass is 79.9. The van der Waals surface area contributed by atoms with Crippen molar-refractivity contribution in [3.63, 3.8) is 0 Å². The zero-order valence-electron chi connectivity index (χ0n) is 10.7. The van der Waals surface area contributed by atoms with Gasteiger partial charge < -0.3 is 5.32 Å². The van der Waals surface area contributed by atoms with Crippen LogP contribution in [0.4, 0.5) is 14.5 Å². The fraction of sp³-hybridized carbons (Fsp3) is 0.200. The number of hydrogen-bond acceptors (Lipinski definition) is 1. The third-order valence-electron chi connectivity index (χ3n) is 2.99. The highest BCUT2D eigenvalue weighted by Crippen LogP contribution is 2.25. The van der Waals surface area contributed by atoms with Gasteiger partial charge in [-0.2, -0.15) is 0 Å². The monoisotopic (exact) mass is 325 g/mol. The molecule has 2 aromatic carbocycles. The summed E-state index contributed by atoms with van der Waals surface area (Å²) in [6.07, 6.45) is 0. The second kappa shape index (κ2) is 5.70. The molecular formula is C15H14BrF2N. The zero-order chi connectivity index (χ0) is 14.0. The molecule has 1 N–H and O–H groups in total. The van der Waals surface area contributed by atoms with Crippen molar-refractivity contribution in [2.45, 2.75) is 19.9 Å². The molecule has 0 aliphatic carbocycles. The van der Waals surface area contributed by atoms with Crippen molar-refractivity contribution in [2.24, 2.45) is 0 Å². The third kappa shape index (κ3) is 3.13. The first-order valence-electron chi connectivity index (χ1n) is 5.95. The Morgan fingerprint density at radius 3 is 2.58 bits per heavy atom. The van der Waals surface area contributed by atoms with E-state index >= 15 is 0 Å². The van der Waals surface area contributed by atoms with Gasteiger partial charge in [-0.3, -0.25) is 0 Å². The van der Waals surface area contributed by atoms with E-state index in [1.54, 1.807) is 13.0 Å². The standard InChI is InChI=1S/C15H14BrF2N/c1-9-8-11(6-7-13(9)16)19-10(2)12-4-3-5-14(17)15(12)18/h3-8,10,19H,1-2H3. The quantitative estimate of drug-likeness (QED) is 0.816. The molecule has 1 unspecified atom stereocenters. The average Bonchev–Trinajstić information content (AvgIpc) is 2.37. The van der Waals surface area contributed by atoms with E-state index in [1.807, 2.05) is 25.1 Å². The van der Waals surface area contributed by atoms with Crippen molar-refractivity contribution in [2.75, 3.05) is 5.32 Å². The van der Waals surface area contributed by atoms with Gasteiger partial charge in [-0.1, -0.05) is 28.1 Å². The first-order chi connectivity index (χ1) is 8.99. The van der Waals surface area contributed by atoms with E-state index in [4.69, 9.17) is 0 Å². The number of aryl methyl sites for hydroxylation is 1. The Morgan fingerprint density at radius 2 is 1.89 bits per heavy atom. The fourth-order valence-electron chi connectivity index (χ4n) is 1.92. The molecule has 2 aromatic rings. The second-order valence-electron chi connectivity index (χ2n) is 4.47. The summed E-state index contributed by atoms with van der Waals surface area (Å²) < 4.78 is 27.9. The summed E-state index contributed by atoms with van der Waals surface area (Å²) in [6, 6.07) is 9.68. The summed E-state index contributed by atoms with van der Waals surface area (Å²) in [5.41, 5.74) is 2.27.